The van der Waals surface area contributed by atoms with E-state index in [0.29, 0.717) is 71.9 Å². The summed E-state index contributed by atoms with van der Waals surface area (Å²) in [7, 11) is -1.58. The molecule has 2 aliphatic rings. The Morgan fingerprint density at radius 3 is 1.81 bits per heavy atom. The fourth-order valence-corrected chi connectivity index (χ4v) is 5.76. The Labute approximate surface area is 281 Å². The average molecular weight is 656 g/mol. The number of aldehydes is 1. The minimum atomic E-state index is -0.935. The van der Waals surface area contributed by atoms with E-state index in [9.17, 15) is 18.6 Å². The van der Waals surface area contributed by atoms with Crippen LogP contribution >= 0.6 is 0 Å². The molecule has 1 saturated heterocycles. The zero-order valence-electron chi connectivity index (χ0n) is 28.2. The molecule has 4 aromatic rings. The lowest BCUT2D eigenvalue weighted by Gasteiger charge is -2.34. The van der Waals surface area contributed by atoms with Crippen molar-refractivity contribution in [3.05, 3.63) is 106 Å². The number of carbonyl (C=O) groups is 1. The summed E-state index contributed by atoms with van der Waals surface area (Å²) >= 11 is 0. The topological polar surface area (TPSA) is 83.5 Å². The van der Waals surface area contributed by atoms with Gasteiger partial charge >= 0.3 is 14.2 Å². The lowest BCUT2D eigenvalue weighted by atomic mass is 9.71. The SMILES string of the molecule is CCc1cccc(Oc2ccc(C=O)c(B3OCC(C)(C)CO3)c2C)c1F.CCc1cccc(Oc2ccc3c(c2C)B(O)OC3)c1F. The molecule has 0 amide bonds. The number of fused-ring (bicyclic) bond motifs is 1. The molecule has 0 atom stereocenters. The first-order valence-electron chi connectivity index (χ1n) is 16.1. The van der Waals surface area contributed by atoms with Gasteiger partial charge in [0.05, 0.1) is 6.61 Å². The van der Waals surface area contributed by atoms with Crippen LogP contribution in [-0.2, 0) is 33.4 Å². The summed E-state index contributed by atoms with van der Waals surface area (Å²) in [5, 5.41) is 9.84. The zero-order valence-corrected chi connectivity index (χ0v) is 28.2. The molecular weight excluding hydrogens is 616 g/mol. The van der Waals surface area contributed by atoms with E-state index in [1.54, 1.807) is 54.6 Å². The molecule has 48 heavy (non-hydrogen) atoms. The van der Waals surface area contributed by atoms with Gasteiger partial charge < -0.3 is 28.5 Å². The van der Waals surface area contributed by atoms with Crippen molar-refractivity contribution in [2.24, 2.45) is 5.41 Å². The highest BCUT2D eigenvalue weighted by Crippen LogP contribution is 2.32. The Morgan fingerprint density at radius 2 is 1.29 bits per heavy atom. The van der Waals surface area contributed by atoms with Gasteiger partial charge in [0, 0.05) is 24.2 Å². The van der Waals surface area contributed by atoms with Crippen molar-refractivity contribution in [3.8, 4) is 23.0 Å². The summed E-state index contributed by atoms with van der Waals surface area (Å²) in [5.74, 6) is 0.661. The summed E-state index contributed by atoms with van der Waals surface area (Å²) in [6.45, 7) is 13.0. The molecule has 0 bridgehead atoms. The van der Waals surface area contributed by atoms with E-state index in [4.69, 9.17) is 23.4 Å². The number of hydrogen-bond acceptors (Lipinski definition) is 7. The van der Waals surface area contributed by atoms with E-state index in [1.165, 1.54) is 0 Å². The Morgan fingerprint density at radius 1 is 0.771 bits per heavy atom. The van der Waals surface area contributed by atoms with E-state index in [-0.39, 0.29) is 28.5 Å². The van der Waals surface area contributed by atoms with Crippen LogP contribution in [0, 0.1) is 30.9 Å². The van der Waals surface area contributed by atoms with Crippen molar-refractivity contribution >= 4 is 31.4 Å². The minimum absolute atomic E-state index is 0.0798. The number of hydrogen-bond donors (Lipinski definition) is 1. The maximum Gasteiger partial charge on any atom is 0.495 e. The molecule has 0 aromatic heterocycles. The third kappa shape index (κ3) is 7.50. The average Bonchev–Trinajstić information content (AvgIpc) is 3.46. The highest BCUT2D eigenvalue weighted by atomic mass is 19.1. The van der Waals surface area contributed by atoms with Gasteiger partial charge in [-0.1, -0.05) is 58.0 Å². The van der Waals surface area contributed by atoms with Crippen molar-refractivity contribution < 1.29 is 42.0 Å². The first-order valence-corrected chi connectivity index (χ1v) is 16.1. The summed E-state index contributed by atoms with van der Waals surface area (Å²) in [4.78, 5) is 11.5. The largest absolute Gasteiger partial charge is 0.495 e. The van der Waals surface area contributed by atoms with Gasteiger partial charge in [-0.15, -0.1) is 0 Å². The third-order valence-electron chi connectivity index (χ3n) is 8.60. The summed E-state index contributed by atoms with van der Waals surface area (Å²) in [6.07, 6.45) is 1.96. The standard InChI is InChI=1S/C21H24BFO4.C16H16BFO3/c1-5-15-7-6-8-18(20(15)23)27-17-10-9-16(11-24)19(14(17)2)22-25-12-21(3,4)13-26-22;1-3-11-5-4-6-14(16(11)18)21-13-8-7-12-9-20-17(19)15(12)10(13)2/h6-11H,5,12-13H2,1-4H3;4-8,19H,3,9H2,1-2H3. The van der Waals surface area contributed by atoms with Crippen LogP contribution < -0.4 is 20.4 Å². The van der Waals surface area contributed by atoms with E-state index >= 15 is 0 Å². The quantitative estimate of drug-likeness (QED) is 0.166. The molecule has 0 unspecified atom stereocenters. The van der Waals surface area contributed by atoms with Crippen LogP contribution in [0.5, 0.6) is 23.0 Å². The first-order chi connectivity index (χ1) is 23.0. The van der Waals surface area contributed by atoms with Crippen molar-refractivity contribution in [1.82, 2.24) is 0 Å². The molecule has 7 nitrogen and oxygen atoms in total. The molecule has 1 fully saturated rings. The molecule has 0 radical (unpaired) electrons. The Balaban J connectivity index is 0.000000194. The first kappa shape index (κ1) is 35.3. The molecule has 11 heteroatoms. The Hall–Kier alpha value is -4.02. The fraction of sp³-hybridized carbons (Fsp3) is 0.324. The number of rotatable bonds is 8. The predicted molar refractivity (Wildman–Crippen MR) is 183 cm³/mol. The second kappa shape index (κ2) is 15.0. The van der Waals surface area contributed by atoms with Crippen LogP contribution in [0.25, 0.3) is 0 Å². The number of carbonyl (C=O) groups excluding carboxylic acids is 1. The van der Waals surface area contributed by atoms with Gasteiger partial charge in [-0.25, -0.2) is 8.78 Å². The van der Waals surface area contributed by atoms with Crippen LogP contribution in [0.2, 0.25) is 0 Å². The van der Waals surface area contributed by atoms with Crippen LogP contribution in [0.1, 0.15) is 65.9 Å². The van der Waals surface area contributed by atoms with Gasteiger partial charge in [0.15, 0.2) is 23.1 Å². The molecule has 4 aromatic carbocycles. The van der Waals surface area contributed by atoms with Crippen LogP contribution in [-0.4, -0.2) is 38.8 Å². The molecule has 0 spiro atoms. The van der Waals surface area contributed by atoms with Crippen molar-refractivity contribution in [1.29, 1.82) is 0 Å². The van der Waals surface area contributed by atoms with Gasteiger partial charge in [-0.05, 0) is 95.8 Å². The second-order valence-electron chi connectivity index (χ2n) is 12.7. The van der Waals surface area contributed by atoms with E-state index < -0.39 is 14.2 Å². The molecular formula is C37H40B2F2O7. The maximum absolute atomic E-state index is 14.5. The Bertz CT molecular complexity index is 1790. The Kier molecular flexibility index (Phi) is 11.1. The van der Waals surface area contributed by atoms with Crippen LogP contribution in [0.4, 0.5) is 8.78 Å². The predicted octanol–water partition coefficient (Wildman–Crippen LogP) is 6.78. The highest BCUT2D eigenvalue weighted by Gasteiger charge is 2.36. The van der Waals surface area contributed by atoms with E-state index in [2.05, 4.69) is 13.8 Å². The monoisotopic (exact) mass is 656 g/mol. The zero-order chi connectivity index (χ0) is 34.6. The normalized spacial score (nSPS) is 15.0. The maximum atomic E-state index is 14.5. The smallest absolute Gasteiger partial charge is 0.454 e. The minimum Gasteiger partial charge on any atom is -0.454 e. The van der Waals surface area contributed by atoms with Crippen molar-refractivity contribution in [2.45, 2.75) is 61.0 Å². The third-order valence-corrected chi connectivity index (χ3v) is 8.60. The van der Waals surface area contributed by atoms with Crippen molar-refractivity contribution in [3.63, 3.8) is 0 Å². The fourth-order valence-electron chi connectivity index (χ4n) is 5.76. The number of aryl methyl sites for hydroxylation is 2. The lowest BCUT2D eigenvalue weighted by Crippen LogP contribution is -2.49. The van der Waals surface area contributed by atoms with E-state index in [1.807, 2.05) is 33.8 Å². The van der Waals surface area contributed by atoms with Crippen LogP contribution in [0.15, 0.2) is 60.7 Å². The highest BCUT2D eigenvalue weighted by molar-refractivity contribution is 6.63. The van der Waals surface area contributed by atoms with E-state index in [0.717, 1.165) is 22.9 Å². The summed E-state index contributed by atoms with van der Waals surface area (Å²) < 4.78 is 57.3. The number of ether oxygens (including phenoxy) is 2. The van der Waals surface area contributed by atoms with Gasteiger partial charge in [0.2, 0.25) is 0 Å². The molecule has 0 aliphatic carbocycles. The van der Waals surface area contributed by atoms with Gasteiger partial charge in [0.1, 0.15) is 17.8 Å². The number of halogens is 2. The van der Waals surface area contributed by atoms with Crippen LogP contribution in [0.3, 0.4) is 0 Å². The second-order valence-corrected chi connectivity index (χ2v) is 12.7. The molecule has 2 aliphatic heterocycles. The molecule has 1 N–H and O–H groups in total. The number of benzene rings is 4. The molecule has 2 heterocycles. The summed E-state index contributed by atoms with van der Waals surface area (Å²) in [6, 6.07) is 17.2. The molecule has 6 rings (SSSR count). The van der Waals surface area contributed by atoms with Gasteiger partial charge in [-0.3, -0.25) is 4.79 Å². The van der Waals surface area contributed by atoms with Gasteiger partial charge in [-0.2, -0.15) is 0 Å². The molecule has 250 valence electrons. The molecule has 0 saturated carbocycles. The van der Waals surface area contributed by atoms with Crippen molar-refractivity contribution in [2.75, 3.05) is 13.2 Å². The lowest BCUT2D eigenvalue weighted by molar-refractivity contribution is 0.0342. The van der Waals surface area contributed by atoms with Gasteiger partial charge in [0.25, 0.3) is 0 Å². The summed E-state index contributed by atoms with van der Waals surface area (Å²) in [5.41, 5.74) is 5.38.